The first-order chi connectivity index (χ1) is 9.87. The third kappa shape index (κ3) is 1.30. The summed E-state index contributed by atoms with van der Waals surface area (Å²) in [5.41, 5.74) is 4.17. The van der Waals surface area contributed by atoms with Crippen LogP contribution in [0.3, 0.4) is 0 Å². The van der Waals surface area contributed by atoms with Gasteiger partial charge < -0.3 is 0 Å². The molecule has 0 aromatic rings. The molecule has 6 bridgehead atoms. The van der Waals surface area contributed by atoms with Gasteiger partial charge in [0.25, 0.3) is 0 Å². The summed E-state index contributed by atoms with van der Waals surface area (Å²) >= 11 is 0. The molecular formula is C20H28. The van der Waals surface area contributed by atoms with Crippen molar-refractivity contribution in [3.63, 3.8) is 0 Å². The summed E-state index contributed by atoms with van der Waals surface area (Å²) in [4.78, 5) is 0. The summed E-state index contributed by atoms with van der Waals surface area (Å²) in [5, 5.41) is 0. The van der Waals surface area contributed by atoms with E-state index < -0.39 is 0 Å². The Morgan fingerprint density at radius 3 is 2.15 bits per heavy atom. The van der Waals surface area contributed by atoms with Crippen molar-refractivity contribution in [3.05, 3.63) is 11.1 Å². The Labute approximate surface area is 123 Å². The highest BCUT2D eigenvalue weighted by atomic mass is 14.6. The maximum atomic E-state index is 2.09. The van der Waals surface area contributed by atoms with Crippen LogP contribution in [0.5, 0.6) is 0 Å². The number of rotatable bonds is 0. The van der Waals surface area contributed by atoms with Gasteiger partial charge in [-0.2, -0.15) is 0 Å². The van der Waals surface area contributed by atoms with Crippen LogP contribution in [0.4, 0.5) is 0 Å². The van der Waals surface area contributed by atoms with E-state index in [1.807, 2.05) is 0 Å². The van der Waals surface area contributed by atoms with Crippen molar-refractivity contribution in [2.45, 2.75) is 64.2 Å². The molecule has 0 spiro atoms. The molecule has 0 N–H and O–H groups in total. The Morgan fingerprint density at radius 2 is 1.40 bits per heavy atom. The average Bonchev–Trinajstić information content (AvgIpc) is 3.09. The molecule has 0 radical (unpaired) electrons. The van der Waals surface area contributed by atoms with Crippen LogP contribution >= 0.6 is 0 Å². The van der Waals surface area contributed by atoms with Gasteiger partial charge in [0.15, 0.2) is 0 Å². The molecule has 0 aliphatic heterocycles. The van der Waals surface area contributed by atoms with E-state index in [0.29, 0.717) is 0 Å². The largest absolute Gasteiger partial charge is 0.0668 e. The molecule has 7 aliphatic rings. The first kappa shape index (κ1) is 11.3. The Bertz CT molecular complexity index is 454. The number of fused-ring (bicyclic) bond motifs is 5. The van der Waals surface area contributed by atoms with Crippen LogP contribution in [-0.2, 0) is 0 Å². The zero-order valence-electron chi connectivity index (χ0n) is 12.7. The van der Waals surface area contributed by atoms with Gasteiger partial charge in [-0.15, -0.1) is 0 Å². The lowest BCUT2D eigenvalue weighted by Crippen LogP contribution is -2.41. The molecular weight excluding hydrogens is 240 g/mol. The standard InChI is InChI=1S/C20H28/c1-2-16-13-9-18(17(16)3-1)19(10-13)20-14-5-11-4-12(7-14)8-15(20)6-11/h11-18H,1-10H2. The lowest BCUT2D eigenvalue weighted by atomic mass is 9.52. The van der Waals surface area contributed by atoms with Gasteiger partial charge in [0, 0.05) is 0 Å². The molecule has 108 valence electrons. The minimum absolute atomic E-state index is 1.07. The van der Waals surface area contributed by atoms with Crippen molar-refractivity contribution >= 4 is 0 Å². The third-order valence-electron chi connectivity index (χ3n) is 8.62. The summed E-state index contributed by atoms with van der Waals surface area (Å²) in [6.45, 7) is 0. The van der Waals surface area contributed by atoms with Crippen LogP contribution in [0.15, 0.2) is 11.1 Å². The topological polar surface area (TPSA) is 0 Å². The van der Waals surface area contributed by atoms with E-state index in [9.17, 15) is 0 Å². The molecule has 20 heavy (non-hydrogen) atoms. The number of hydrogen-bond acceptors (Lipinski definition) is 0. The van der Waals surface area contributed by atoms with Crippen LogP contribution in [0, 0.1) is 47.3 Å². The van der Waals surface area contributed by atoms with Crippen LogP contribution in [0.2, 0.25) is 0 Å². The fourth-order valence-electron chi connectivity index (χ4n) is 8.40. The van der Waals surface area contributed by atoms with Gasteiger partial charge in [-0.3, -0.25) is 0 Å². The second-order valence-corrected chi connectivity index (χ2v) is 9.35. The van der Waals surface area contributed by atoms with E-state index >= 15 is 0 Å². The lowest BCUT2D eigenvalue weighted by molar-refractivity contribution is 0.0663. The quantitative estimate of drug-likeness (QED) is 0.530. The van der Waals surface area contributed by atoms with Gasteiger partial charge in [-0.05, 0) is 105 Å². The fraction of sp³-hybridized carbons (Fsp3) is 0.900. The van der Waals surface area contributed by atoms with Gasteiger partial charge in [0.1, 0.15) is 0 Å². The molecule has 0 saturated heterocycles. The summed E-state index contributed by atoms with van der Waals surface area (Å²) < 4.78 is 0. The highest BCUT2D eigenvalue weighted by Gasteiger charge is 2.54. The van der Waals surface area contributed by atoms with Crippen molar-refractivity contribution in [1.82, 2.24) is 0 Å². The smallest absolute Gasteiger partial charge is 0.0166 e. The molecule has 7 aliphatic carbocycles. The van der Waals surface area contributed by atoms with E-state index in [1.54, 1.807) is 64.2 Å². The van der Waals surface area contributed by atoms with Gasteiger partial charge in [-0.25, -0.2) is 0 Å². The van der Waals surface area contributed by atoms with Gasteiger partial charge in [-0.1, -0.05) is 17.6 Å². The van der Waals surface area contributed by atoms with Crippen LogP contribution in [0.1, 0.15) is 64.2 Å². The zero-order valence-corrected chi connectivity index (χ0v) is 12.7. The van der Waals surface area contributed by atoms with Gasteiger partial charge in [0.2, 0.25) is 0 Å². The maximum absolute atomic E-state index is 2.09. The van der Waals surface area contributed by atoms with Crippen molar-refractivity contribution in [2.24, 2.45) is 47.3 Å². The molecule has 0 aromatic carbocycles. The maximum Gasteiger partial charge on any atom is -0.0166 e. The minimum atomic E-state index is 1.07. The van der Waals surface area contributed by atoms with Crippen molar-refractivity contribution in [1.29, 1.82) is 0 Å². The van der Waals surface area contributed by atoms with E-state index in [0.717, 1.165) is 41.4 Å². The van der Waals surface area contributed by atoms with Crippen molar-refractivity contribution in [3.8, 4) is 0 Å². The Hall–Kier alpha value is -0.260. The van der Waals surface area contributed by atoms with Crippen LogP contribution < -0.4 is 0 Å². The monoisotopic (exact) mass is 268 g/mol. The number of hydrogen-bond donors (Lipinski definition) is 0. The van der Waals surface area contributed by atoms with Gasteiger partial charge >= 0.3 is 0 Å². The molecule has 0 amide bonds. The number of allylic oxidation sites excluding steroid dienone is 2. The Kier molecular flexibility index (Phi) is 2.11. The molecule has 7 rings (SSSR count). The van der Waals surface area contributed by atoms with Crippen LogP contribution in [0.25, 0.3) is 0 Å². The zero-order chi connectivity index (χ0) is 12.8. The molecule has 0 heteroatoms. The van der Waals surface area contributed by atoms with Crippen molar-refractivity contribution in [2.75, 3.05) is 0 Å². The second-order valence-electron chi connectivity index (χ2n) is 9.35. The van der Waals surface area contributed by atoms with Crippen molar-refractivity contribution < 1.29 is 0 Å². The lowest BCUT2D eigenvalue weighted by Gasteiger charge is -2.53. The predicted octanol–water partition coefficient (Wildman–Crippen LogP) is 5.20. The first-order valence-electron chi connectivity index (χ1n) is 9.59. The molecule has 4 unspecified atom stereocenters. The Morgan fingerprint density at radius 1 is 0.700 bits per heavy atom. The highest BCUT2D eigenvalue weighted by Crippen LogP contribution is 2.65. The normalized spacial score (nSPS) is 58.8. The summed E-state index contributed by atoms with van der Waals surface area (Å²) in [5.74, 6) is 8.95. The minimum Gasteiger partial charge on any atom is -0.0668 e. The van der Waals surface area contributed by atoms with Crippen LogP contribution in [-0.4, -0.2) is 0 Å². The molecule has 0 nitrogen and oxygen atoms in total. The molecule has 0 aromatic heterocycles. The SMILES string of the molecule is C1CC2C3CC(=C4C5CC6CC(C5)CC4C6)C(C3)C2C1. The first-order valence-corrected chi connectivity index (χ1v) is 9.59. The predicted molar refractivity (Wildman–Crippen MR) is 81.1 cm³/mol. The highest BCUT2D eigenvalue weighted by molar-refractivity contribution is 5.33. The summed E-state index contributed by atoms with van der Waals surface area (Å²) in [7, 11) is 0. The van der Waals surface area contributed by atoms with E-state index in [-0.39, 0.29) is 0 Å². The third-order valence-corrected chi connectivity index (χ3v) is 8.62. The molecule has 7 fully saturated rings. The van der Waals surface area contributed by atoms with E-state index in [2.05, 4.69) is 11.1 Å². The fourth-order valence-corrected chi connectivity index (χ4v) is 8.40. The molecule has 0 heterocycles. The van der Waals surface area contributed by atoms with Gasteiger partial charge in [0.05, 0.1) is 0 Å². The summed E-state index contributed by atoms with van der Waals surface area (Å²) in [6, 6.07) is 0. The summed E-state index contributed by atoms with van der Waals surface area (Å²) in [6.07, 6.45) is 15.9. The Balaban J connectivity index is 1.41. The molecule has 7 saturated carbocycles. The second kappa shape index (κ2) is 3.73. The molecule has 4 atom stereocenters. The van der Waals surface area contributed by atoms with E-state index in [4.69, 9.17) is 0 Å². The van der Waals surface area contributed by atoms with E-state index in [1.165, 1.54) is 5.92 Å². The average molecular weight is 268 g/mol.